The van der Waals surface area contributed by atoms with E-state index in [-0.39, 0.29) is 4.84 Å². The number of fused-ring (bicyclic) bond motifs is 1. The zero-order chi connectivity index (χ0) is 13.7. The fourth-order valence-electron chi connectivity index (χ4n) is 2.32. The van der Waals surface area contributed by atoms with Gasteiger partial charge in [-0.1, -0.05) is 13.0 Å². The molecule has 1 heterocycles. The molecular weight excluding hydrogens is 281 g/mol. The van der Waals surface area contributed by atoms with Crippen molar-refractivity contribution in [2.45, 2.75) is 37.1 Å². The molecule has 0 aliphatic heterocycles. The Hall–Kier alpha value is -0.700. The Morgan fingerprint density at radius 1 is 1.21 bits per heavy atom. The van der Waals surface area contributed by atoms with Gasteiger partial charge in [-0.25, -0.2) is 0 Å². The number of furan rings is 1. The second-order valence-electron chi connectivity index (χ2n) is 4.72. The van der Waals surface area contributed by atoms with Gasteiger partial charge in [0.05, 0.1) is 6.26 Å². The molecule has 0 spiro atoms. The molecule has 104 valence electrons. The minimum Gasteiger partial charge on any atom is -0.464 e. The predicted octanol–water partition coefficient (Wildman–Crippen LogP) is 4.54. The number of likely N-dealkylation sites (N-methyl/N-ethyl adjacent to an activating group) is 1. The molecule has 1 atom stereocenters. The highest BCUT2D eigenvalue weighted by Gasteiger charge is 2.11. The normalized spacial score (nSPS) is 13.3. The highest BCUT2D eigenvalue weighted by atomic mass is 35.5. The second kappa shape index (κ2) is 7.18. The maximum absolute atomic E-state index is 5.81. The van der Waals surface area contributed by atoms with E-state index in [2.05, 4.69) is 24.4 Å². The lowest BCUT2D eigenvalue weighted by Crippen LogP contribution is -2.31. The maximum Gasteiger partial charge on any atom is 0.133 e. The third-order valence-corrected chi connectivity index (χ3v) is 3.66. The summed E-state index contributed by atoms with van der Waals surface area (Å²) in [7, 11) is 0. The average Bonchev–Trinajstić information content (AvgIpc) is 2.83. The van der Waals surface area contributed by atoms with Crippen molar-refractivity contribution in [3.05, 3.63) is 36.1 Å². The molecule has 4 heteroatoms. The molecule has 19 heavy (non-hydrogen) atoms. The molecule has 0 radical (unpaired) electrons. The fraction of sp³-hybridized carbons (Fsp3) is 0.467. The smallest absolute Gasteiger partial charge is 0.133 e. The molecule has 0 fully saturated rings. The van der Waals surface area contributed by atoms with Crippen LogP contribution in [0, 0.1) is 0 Å². The predicted molar refractivity (Wildman–Crippen MR) is 82.1 cm³/mol. The Kier molecular flexibility index (Phi) is 5.56. The minimum absolute atomic E-state index is 0.280. The third kappa shape index (κ3) is 4.41. The summed E-state index contributed by atoms with van der Waals surface area (Å²) in [5.41, 5.74) is 2.24. The molecule has 0 saturated heterocycles. The van der Waals surface area contributed by atoms with Crippen molar-refractivity contribution in [1.29, 1.82) is 0 Å². The van der Waals surface area contributed by atoms with Crippen molar-refractivity contribution in [2.75, 3.05) is 6.54 Å². The minimum atomic E-state index is -0.280. The Morgan fingerprint density at radius 2 is 2.05 bits per heavy atom. The number of benzene rings is 1. The number of alkyl halides is 2. The number of hydrogen-bond donors (Lipinski definition) is 1. The van der Waals surface area contributed by atoms with Crippen molar-refractivity contribution in [3.8, 4) is 0 Å². The number of halogens is 2. The molecule has 2 nitrogen and oxygen atoms in total. The summed E-state index contributed by atoms with van der Waals surface area (Å²) >= 11 is 11.6. The number of nitrogens with one attached hydrogen (secondary N) is 1. The highest BCUT2D eigenvalue weighted by molar-refractivity contribution is 6.44. The van der Waals surface area contributed by atoms with Crippen LogP contribution in [-0.2, 0) is 6.42 Å². The second-order valence-corrected chi connectivity index (χ2v) is 6.00. The van der Waals surface area contributed by atoms with Crippen LogP contribution in [0.4, 0.5) is 0 Å². The average molecular weight is 300 g/mol. The van der Waals surface area contributed by atoms with Gasteiger partial charge in [0.1, 0.15) is 10.4 Å². The zero-order valence-corrected chi connectivity index (χ0v) is 12.5. The first kappa shape index (κ1) is 14.7. The summed E-state index contributed by atoms with van der Waals surface area (Å²) in [6.45, 7) is 3.07. The Labute approximate surface area is 124 Å². The lowest BCUT2D eigenvalue weighted by molar-refractivity contribution is 0.483. The van der Waals surface area contributed by atoms with Crippen LogP contribution in [0.2, 0.25) is 0 Å². The fourth-order valence-corrected chi connectivity index (χ4v) is 2.57. The molecular formula is C15H19Cl2NO. The van der Waals surface area contributed by atoms with Crippen molar-refractivity contribution < 1.29 is 4.42 Å². The van der Waals surface area contributed by atoms with E-state index in [1.165, 1.54) is 5.56 Å². The van der Waals surface area contributed by atoms with E-state index in [1.54, 1.807) is 6.26 Å². The first-order valence-electron chi connectivity index (χ1n) is 6.66. The van der Waals surface area contributed by atoms with Gasteiger partial charge in [0.25, 0.3) is 0 Å². The van der Waals surface area contributed by atoms with Crippen LogP contribution in [0.3, 0.4) is 0 Å². The lowest BCUT2D eigenvalue weighted by atomic mass is 10.0. The van der Waals surface area contributed by atoms with E-state index < -0.39 is 0 Å². The molecule has 1 aromatic heterocycles. The van der Waals surface area contributed by atoms with E-state index in [0.717, 1.165) is 36.8 Å². The van der Waals surface area contributed by atoms with Crippen molar-refractivity contribution in [3.63, 3.8) is 0 Å². The summed E-state index contributed by atoms with van der Waals surface area (Å²) in [6, 6.07) is 8.74. The van der Waals surface area contributed by atoms with Gasteiger partial charge in [0, 0.05) is 11.4 Å². The van der Waals surface area contributed by atoms with Gasteiger partial charge in [-0.2, -0.15) is 0 Å². The Balaban J connectivity index is 2.02. The molecule has 1 unspecified atom stereocenters. The van der Waals surface area contributed by atoms with E-state index in [9.17, 15) is 0 Å². The van der Waals surface area contributed by atoms with Gasteiger partial charge in [0.2, 0.25) is 0 Å². The van der Waals surface area contributed by atoms with Crippen molar-refractivity contribution in [1.82, 2.24) is 5.32 Å². The number of rotatable bonds is 7. The summed E-state index contributed by atoms with van der Waals surface area (Å²) in [5.74, 6) is 0. The van der Waals surface area contributed by atoms with E-state index in [4.69, 9.17) is 27.6 Å². The van der Waals surface area contributed by atoms with E-state index in [0.29, 0.717) is 6.04 Å². The van der Waals surface area contributed by atoms with Crippen molar-refractivity contribution >= 4 is 34.2 Å². The summed E-state index contributed by atoms with van der Waals surface area (Å²) in [6.07, 6.45) is 4.50. The van der Waals surface area contributed by atoms with Gasteiger partial charge < -0.3 is 9.73 Å². The van der Waals surface area contributed by atoms with Crippen LogP contribution < -0.4 is 5.32 Å². The highest BCUT2D eigenvalue weighted by Crippen LogP contribution is 2.19. The Morgan fingerprint density at radius 3 is 2.79 bits per heavy atom. The molecule has 1 N–H and O–H groups in total. The standard InChI is InChI=1S/C15H19Cl2NO/c1-2-18-13(4-6-15(16)17)10-11-3-5-14-12(9-11)7-8-19-14/h3,5,7-9,13,15,18H,2,4,6,10H2,1H3. The molecule has 0 saturated carbocycles. The lowest BCUT2D eigenvalue weighted by Gasteiger charge is -2.18. The maximum atomic E-state index is 5.81. The van der Waals surface area contributed by atoms with Gasteiger partial charge in [0.15, 0.2) is 0 Å². The molecule has 0 amide bonds. The largest absolute Gasteiger partial charge is 0.464 e. The third-order valence-electron chi connectivity index (χ3n) is 3.23. The number of hydrogen-bond acceptors (Lipinski definition) is 2. The Bertz CT molecular complexity index is 510. The monoisotopic (exact) mass is 299 g/mol. The molecule has 0 bridgehead atoms. The molecule has 0 aliphatic rings. The molecule has 2 aromatic rings. The van der Waals surface area contributed by atoms with Crippen LogP contribution in [0.1, 0.15) is 25.3 Å². The van der Waals surface area contributed by atoms with Crippen molar-refractivity contribution in [2.24, 2.45) is 0 Å². The first-order chi connectivity index (χ1) is 9.19. The van der Waals surface area contributed by atoms with Gasteiger partial charge >= 0.3 is 0 Å². The summed E-state index contributed by atoms with van der Waals surface area (Å²) < 4.78 is 5.35. The zero-order valence-electron chi connectivity index (χ0n) is 11.0. The molecule has 0 aliphatic carbocycles. The molecule has 2 rings (SSSR count). The summed E-state index contributed by atoms with van der Waals surface area (Å²) in [5, 5.41) is 4.64. The van der Waals surface area contributed by atoms with Crippen LogP contribution in [0.15, 0.2) is 34.9 Å². The first-order valence-corrected chi connectivity index (χ1v) is 7.54. The van der Waals surface area contributed by atoms with Gasteiger partial charge in [-0.3, -0.25) is 0 Å². The summed E-state index contributed by atoms with van der Waals surface area (Å²) in [4.78, 5) is -0.280. The van der Waals surface area contributed by atoms with E-state index >= 15 is 0 Å². The quantitative estimate of drug-likeness (QED) is 0.760. The van der Waals surface area contributed by atoms with Crippen LogP contribution in [0.5, 0.6) is 0 Å². The van der Waals surface area contributed by atoms with Crippen LogP contribution >= 0.6 is 23.2 Å². The van der Waals surface area contributed by atoms with Crippen LogP contribution in [-0.4, -0.2) is 17.4 Å². The van der Waals surface area contributed by atoms with Crippen LogP contribution in [0.25, 0.3) is 11.0 Å². The van der Waals surface area contributed by atoms with Gasteiger partial charge in [-0.05, 0) is 49.6 Å². The SMILES string of the molecule is CCNC(CCC(Cl)Cl)Cc1ccc2occc2c1. The molecule has 1 aromatic carbocycles. The van der Waals surface area contributed by atoms with E-state index in [1.807, 2.05) is 12.1 Å². The topological polar surface area (TPSA) is 25.2 Å². The van der Waals surface area contributed by atoms with Gasteiger partial charge in [-0.15, -0.1) is 23.2 Å².